The molecule has 2 fully saturated rings. The van der Waals surface area contributed by atoms with E-state index in [0.29, 0.717) is 22.1 Å². The van der Waals surface area contributed by atoms with Gasteiger partial charge in [-0.2, -0.15) is 0 Å². The third-order valence-electron chi connectivity index (χ3n) is 5.95. The highest BCUT2D eigenvalue weighted by Gasteiger charge is 2.60. The maximum Gasteiger partial charge on any atom is 0.266 e. The molecule has 32 heavy (non-hydrogen) atoms. The number of imide groups is 1. The molecule has 3 aromatic rings. The molecule has 0 aromatic heterocycles. The highest BCUT2D eigenvalue weighted by atomic mass is 35.5. The SMILES string of the molecule is COc1ccc([C@@H]2[C@H]3C(=O)N(c4ccc(C)cc4)C(=O)[C@H]3ON2c2ccc(Cl)cc2)cc1. The van der Waals surface area contributed by atoms with Crippen LogP contribution in [0, 0.1) is 12.8 Å². The minimum atomic E-state index is -0.911. The summed E-state index contributed by atoms with van der Waals surface area (Å²) in [5.41, 5.74) is 3.16. The maximum atomic E-state index is 13.6. The summed E-state index contributed by atoms with van der Waals surface area (Å²) >= 11 is 6.06. The molecule has 2 saturated heterocycles. The van der Waals surface area contributed by atoms with Crippen LogP contribution in [0.25, 0.3) is 0 Å². The number of fused-ring (bicyclic) bond motifs is 1. The molecule has 0 N–H and O–H groups in total. The molecule has 2 aliphatic heterocycles. The lowest BCUT2D eigenvalue weighted by Crippen LogP contribution is -2.37. The standard InChI is InChI=1S/C25H21ClN2O4/c1-15-3-9-18(10-4-15)27-24(29)21-22(16-5-13-20(31-2)14-6-16)28(32-23(21)25(27)30)19-11-7-17(26)8-12-19/h3-14,21-23H,1-2H3/t21-,22-,23+/m1/s1. The van der Waals surface area contributed by atoms with Crippen molar-refractivity contribution < 1.29 is 19.2 Å². The van der Waals surface area contributed by atoms with Crippen molar-refractivity contribution in [2.45, 2.75) is 19.1 Å². The first-order chi connectivity index (χ1) is 15.5. The van der Waals surface area contributed by atoms with Gasteiger partial charge < -0.3 is 4.74 Å². The number of halogens is 1. The van der Waals surface area contributed by atoms with E-state index in [-0.39, 0.29) is 11.8 Å². The topological polar surface area (TPSA) is 59.1 Å². The third kappa shape index (κ3) is 3.32. The highest BCUT2D eigenvalue weighted by Crippen LogP contribution is 2.47. The van der Waals surface area contributed by atoms with Gasteiger partial charge in [-0.15, -0.1) is 0 Å². The molecule has 0 bridgehead atoms. The van der Waals surface area contributed by atoms with Crippen molar-refractivity contribution in [1.29, 1.82) is 0 Å². The Hall–Kier alpha value is -3.35. The van der Waals surface area contributed by atoms with Crippen LogP contribution in [0.15, 0.2) is 72.8 Å². The monoisotopic (exact) mass is 448 g/mol. The zero-order valence-electron chi connectivity index (χ0n) is 17.6. The van der Waals surface area contributed by atoms with Crippen LogP contribution >= 0.6 is 11.6 Å². The van der Waals surface area contributed by atoms with Crippen LogP contribution in [0.1, 0.15) is 17.2 Å². The Kier molecular flexibility index (Phi) is 5.12. The van der Waals surface area contributed by atoms with Crippen LogP contribution < -0.4 is 14.7 Å². The number of carbonyl (C=O) groups is 2. The smallest absolute Gasteiger partial charge is 0.266 e. The lowest BCUT2D eigenvalue weighted by Gasteiger charge is -2.29. The van der Waals surface area contributed by atoms with Gasteiger partial charge in [0.2, 0.25) is 5.91 Å². The van der Waals surface area contributed by atoms with Crippen molar-refractivity contribution in [3.63, 3.8) is 0 Å². The Morgan fingerprint density at radius 3 is 2.09 bits per heavy atom. The summed E-state index contributed by atoms with van der Waals surface area (Å²) in [6, 6.07) is 21.4. The first-order valence-corrected chi connectivity index (χ1v) is 10.7. The molecule has 2 aliphatic rings. The maximum absolute atomic E-state index is 13.6. The summed E-state index contributed by atoms with van der Waals surface area (Å²) in [6.45, 7) is 1.96. The molecular weight excluding hydrogens is 428 g/mol. The number of hydrogen-bond acceptors (Lipinski definition) is 5. The zero-order chi connectivity index (χ0) is 22.4. The summed E-state index contributed by atoms with van der Waals surface area (Å²) in [4.78, 5) is 34.3. The normalized spacial score (nSPS) is 22.4. The van der Waals surface area contributed by atoms with Crippen molar-refractivity contribution in [3.05, 3.63) is 88.9 Å². The molecule has 0 spiro atoms. The average molecular weight is 449 g/mol. The van der Waals surface area contributed by atoms with Crippen molar-refractivity contribution in [1.82, 2.24) is 0 Å². The first kappa shape index (κ1) is 20.5. The number of aryl methyl sites for hydroxylation is 1. The van der Waals surface area contributed by atoms with Gasteiger partial charge in [-0.1, -0.05) is 41.4 Å². The summed E-state index contributed by atoms with van der Waals surface area (Å²) in [5, 5.41) is 2.24. The second-order valence-corrected chi connectivity index (χ2v) is 8.36. The predicted molar refractivity (Wildman–Crippen MR) is 122 cm³/mol. The van der Waals surface area contributed by atoms with Gasteiger partial charge in [0, 0.05) is 5.02 Å². The van der Waals surface area contributed by atoms with Gasteiger partial charge in [0.1, 0.15) is 11.7 Å². The van der Waals surface area contributed by atoms with E-state index < -0.39 is 18.1 Å². The molecule has 0 saturated carbocycles. The molecule has 3 aromatic carbocycles. The van der Waals surface area contributed by atoms with E-state index in [1.54, 1.807) is 36.4 Å². The van der Waals surface area contributed by atoms with Gasteiger partial charge in [-0.25, -0.2) is 9.96 Å². The van der Waals surface area contributed by atoms with E-state index in [9.17, 15) is 9.59 Å². The minimum Gasteiger partial charge on any atom is -0.497 e. The number of rotatable bonds is 4. The third-order valence-corrected chi connectivity index (χ3v) is 6.20. The van der Waals surface area contributed by atoms with Gasteiger partial charge in [-0.3, -0.25) is 14.4 Å². The van der Waals surface area contributed by atoms with Crippen LogP contribution in [-0.4, -0.2) is 25.0 Å². The fraction of sp³-hybridized carbons (Fsp3) is 0.200. The van der Waals surface area contributed by atoms with Crippen molar-refractivity contribution in [2.24, 2.45) is 5.92 Å². The summed E-state index contributed by atoms with van der Waals surface area (Å²) < 4.78 is 5.28. The number of benzene rings is 3. The van der Waals surface area contributed by atoms with E-state index in [2.05, 4.69) is 0 Å². The van der Waals surface area contributed by atoms with Crippen LogP contribution in [-0.2, 0) is 14.4 Å². The van der Waals surface area contributed by atoms with Gasteiger partial charge in [0.25, 0.3) is 5.91 Å². The molecular formula is C25H21ClN2O4. The quantitative estimate of drug-likeness (QED) is 0.541. The molecule has 3 atom stereocenters. The highest BCUT2D eigenvalue weighted by molar-refractivity contribution is 6.30. The predicted octanol–water partition coefficient (Wildman–Crippen LogP) is 4.71. The second kappa shape index (κ2) is 7.97. The summed E-state index contributed by atoms with van der Waals surface area (Å²) in [5.74, 6) is -0.620. The first-order valence-electron chi connectivity index (χ1n) is 10.3. The van der Waals surface area contributed by atoms with Crippen LogP contribution in [0.4, 0.5) is 11.4 Å². The van der Waals surface area contributed by atoms with Crippen molar-refractivity contribution >= 4 is 34.8 Å². The summed E-state index contributed by atoms with van der Waals surface area (Å²) in [7, 11) is 1.60. The lowest BCUT2D eigenvalue weighted by atomic mass is 9.90. The number of amides is 2. The van der Waals surface area contributed by atoms with E-state index in [1.165, 1.54) is 4.90 Å². The fourth-order valence-corrected chi connectivity index (χ4v) is 4.44. The van der Waals surface area contributed by atoms with E-state index >= 15 is 0 Å². The van der Waals surface area contributed by atoms with Crippen LogP contribution in [0.5, 0.6) is 5.75 Å². The van der Waals surface area contributed by atoms with Crippen molar-refractivity contribution in [3.8, 4) is 5.75 Å². The number of methoxy groups -OCH3 is 1. The Morgan fingerprint density at radius 1 is 0.844 bits per heavy atom. The largest absolute Gasteiger partial charge is 0.497 e. The van der Waals surface area contributed by atoms with Crippen LogP contribution in [0.2, 0.25) is 5.02 Å². The Labute approximate surface area is 190 Å². The molecule has 2 amide bonds. The molecule has 0 unspecified atom stereocenters. The Morgan fingerprint density at radius 2 is 1.47 bits per heavy atom. The zero-order valence-corrected chi connectivity index (χ0v) is 18.3. The number of hydrogen-bond donors (Lipinski definition) is 0. The minimum absolute atomic E-state index is 0.277. The lowest BCUT2D eigenvalue weighted by molar-refractivity contribution is -0.126. The van der Waals surface area contributed by atoms with E-state index in [4.69, 9.17) is 21.2 Å². The number of hydroxylamine groups is 1. The average Bonchev–Trinajstić information content (AvgIpc) is 3.31. The Balaban J connectivity index is 1.57. The fourth-order valence-electron chi connectivity index (χ4n) is 4.31. The number of nitrogens with zero attached hydrogens (tertiary/aromatic N) is 2. The Bertz CT molecular complexity index is 1160. The van der Waals surface area contributed by atoms with E-state index in [1.807, 2.05) is 55.5 Å². The molecule has 5 rings (SSSR count). The molecule has 0 radical (unpaired) electrons. The van der Waals surface area contributed by atoms with Gasteiger partial charge in [-0.05, 0) is 61.0 Å². The number of ether oxygens (including phenoxy) is 1. The molecule has 2 heterocycles. The molecule has 7 heteroatoms. The molecule has 6 nitrogen and oxygen atoms in total. The van der Waals surface area contributed by atoms with E-state index in [0.717, 1.165) is 11.1 Å². The van der Waals surface area contributed by atoms with Crippen molar-refractivity contribution in [2.75, 3.05) is 17.1 Å². The summed E-state index contributed by atoms with van der Waals surface area (Å²) in [6.07, 6.45) is -0.911. The molecule has 162 valence electrons. The number of anilines is 2. The van der Waals surface area contributed by atoms with Gasteiger partial charge in [0.05, 0.1) is 24.5 Å². The van der Waals surface area contributed by atoms with Crippen LogP contribution in [0.3, 0.4) is 0 Å². The molecule has 0 aliphatic carbocycles. The second-order valence-electron chi connectivity index (χ2n) is 7.92. The number of carbonyl (C=O) groups excluding carboxylic acids is 2. The van der Waals surface area contributed by atoms with Gasteiger partial charge >= 0.3 is 0 Å². The van der Waals surface area contributed by atoms with Gasteiger partial charge in [0.15, 0.2) is 6.10 Å².